The molecule has 1 aromatic heterocycles. The number of hydrogen-bond acceptors (Lipinski definition) is 4. The summed E-state index contributed by atoms with van der Waals surface area (Å²) in [4.78, 5) is 2.86. The number of rotatable bonds is 8. The van der Waals surface area contributed by atoms with Crippen molar-refractivity contribution in [3.8, 4) is 0 Å². The fourth-order valence-corrected chi connectivity index (χ4v) is 3.15. The third-order valence-electron chi connectivity index (χ3n) is 1.78. The molecule has 0 spiro atoms. The van der Waals surface area contributed by atoms with Gasteiger partial charge in [0.15, 0.2) is 0 Å². The standard InChI is InChI=1S/C8H20O4Si.C4H5N/c1-5-9-13(10-6-2,11-7-3)12-8-4;1-2-4-5-3-1/h5-8H2,1-4H3;1-5H. The first-order valence-electron chi connectivity index (χ1n) is 6.38. The summed E-state index contributed by atoms with van der Waals surface area (Å²) in [6.07, 6.45) is 3.75. The molecule has 0 saturated carbocycles. The molecule has 0 aliphatic carbocycles. The van der Waals surface area contributed by atoms with Gasteiger partial charge >= 0.3 is 9.05 Å². The average molecular weight is 275 g/mol. The van der Waals surface area contributed by atoms with Crippen LogP contribution in [-0.2, 0) is 17.7 Å². The van der Waals surface area contributed by atoms with Gasteiger partial charge in [-0.15, -0.1) is 0 Å². The van der Waals surface area contributed by atoms with Crippen LogP contribution in [0.2, 0.25) is 0 Å². The van der Waals surface area contributed by atoms with E-state index >= 15 is 0 Å². The smallest absolute Gasteiger partial charge is 0.368 e. The normalized spacial score (nSPS) is 10.9. The molecular weight excluding hydrogens is 250 g/mol. The molecule has 6 heteroatoms. The van der Waals surface area contributed by atoms with Gasteiger partial charge in [-0.05, 0) is 39.8 Å². The number of hydrogen-bond donors (Lipinski definition) is 1. The molecular formula is C12H25NO4Si. The Balaban J connectivity index is 0.000000473. The molecule has 0 bridgehead atoms. The van der Waals surface area contributed by atoms with Crippen LogP contribution >= 0.6 is 0 Å². The average Bonchev–Trinajstić information content (AvgIpc) is 2.89. The molecule has 0 unspecified atom stereocenters. The zero-order valence-corrected chi connectivity index (χ0v) is 12.8. The molecule has 0 saturated heterocycles. The molecule has 1 aromatic rings. The fraction of sp³-hybridized carbons (Fsp3) is 0.667. The second kappa shape index (κ2) is 11.4. The first-order valence-corrected chi connectivity index (χ1v) is 8.01. The minimum Gasteiger partial charge on any atom is -0.368 e. The van der Waals surface area contributed by atoms with Crippen molar-refractivity contribution in [1.29, 1.82) is 0 Å². The van der Waals surface area contributed by atoms with E-state index in [4.69, 9.17) is 17.7 Å². The predicted molar refractivity (Wildman–Crippen MR) is 73.1 cm³/mol. The van der Waals surface area contributed by atoms with Gasteiger partial charge in [-0.1, -0.05) is 0 Å². The first-order chi connectivity index (χ1) is 8.74. The summed E-state index contributed by atoms with van der Waals surface area (Å²) in [5.74, 6) is 0. The molecule has 0 amide bonds. The SMILES string of the molecule is CCO[Si](OCC)(OCC)OCC.c1cc[nH]c1. The van der Waals surface area contributed by atoms with E-state index in [9.17, 15) is 0 Å². The minimum atomic E-state index is -2.80. The van der Waals surface area contributed by atoms with Gasteiger partial charge in [0.25, 0.3) is 0 Å². The third-order valence-corrected chi connectivity index (χ3v) is 4.35. The lowest BCUT2D eigenvalue weighted by Crippen LogP contribution is -2.49. The van der Waals surface area contributed by atoms with Crippen molar-refractivity contribution in [1.82, 2.24) is 4.98 Å². The van der Waals surface area contributed by atoms with Crippen LogP contribution < -0.4 is 0 Å². The summed E-state index contributed by atoms with van der Waals surface area (Å²) in [6.45, 7) is 9.80. The molecule has 0 aliphatic heterocycles. The van der Waals surface area contributed by atoms with Crippen molar-refractivity contribution < 1.29 is 17.7 Å². The molecule has 1 heterocycles. The monoisotopic (exact) mass is 275 g/mol. The van der Waals surface area contributed by atoms with Crippen LogP contribution in [0.4, 0.5) is 0 Å². The minimum absolute atomic E-state index is 0.548. The maximum atomic E-state index is 5.42. The van der Waals surface area contributed by atoms with Gasteiger partial charge in [-0.2, -0.15) is 0 Å². The Bertz CT molecular complexity index is 210. The summed E-state index contributed by atoms with van der Waals surface area (Å²) >= 11 is 0. The summed E-state index contributed by atoms with van der Waals surface area (Å²) in [5.41, 5.74) is 0. The van der Waals surface area contributed by atoms with Crippen molar-refractivity contribution >= 4 is 9.05 Å². The topological polar surface area (TPSA) is 52.7 Å². The molecule has 18 heavy (non-hydrogen) atoms. The molecule has 0 fully saturated rings. The molecule has 5 nitrogen and oxygen atoms in total. The van der Waals surface area contributed by atoms with Gasteiger partial charge in [0, 0.05) is 38.8 Å². The van der Waals surface area contributed by atoms with Crippen LogP contribution in [0.3, 0.4) is 0 Å². The van der Waals surface area contributed by atoms with Gasteiger partial charge in [0.05, 0.1) is 0 Å². The number of aromatic amines is 1. The van der Waals surface area contributed by atoms with E-state index in [1.54, 1.807) is 0 Å². The van der Waals surface area contributed by atoms with E-state index < -0.39 is 9.05 Å². The quantitative estimate of drug-likeness (QED) is 0.741. The Labute approximate surface area is 111 Å². The van der Waals surface area contributed by atoms with E-state index in [-0.39, 0.29) is 0 Å². The van der Waals surface area contributed by atoms with Crippen molar-refractivity contribution in [3.05, 3.63) is 24.5 Å². The number of nitrogens with one attached hydrogen (secondary N) is 1. The molecule has 1 rings (SSSR count). The zero-order chi connectivity index (χ0) is 13.7. The number of H-pyrrole nitrogens is 1. The van der Waals surface area contributed by atoms with Crippen LogP contribution in [0.5, 0.6) is 0 Å². The Morgan fingerprint density at radius 3 is 1.22 bits per heavy atom. The third kappa shape index (κ3) is 7.62. The summed E-state index contributed by atoms with van der Waals surface area (Å²) in [5, 5.41) is 0. The van der Waals surface area contributed by atoms with Crippen LogP contribution in [0, 0.1) is 0 Å². The van der Waals surface area contributed by atoms with E-state index in [1.807, 2.05) is 52.2 Å². The lowest BCUT2D eigenvalue weighted by molar-refractivity contribution is -0.0247. The van der Waals surface area contributed by atoms with Gasteiger partial charge in [-0.25, -0.2) is 0 Å². The largest absolute Gasteiger partial charge is 0.679 e. The lowest BCUT2D eigenvalue weighted by atomic mass is 10.7. The molecule has 106 valence electrons. The van der Waals surface area contributed by atoms with E-state index in [1.165, 1.54) is 0 Å². The van der Waals surface area contributed by atoms with Gasteiger partial charge in [-0.3, -0.25) is 0 Å². The van der Waals surface area contributed by atoms with Crippen molar-refractivity contribution in [2.24, 2.45) is 0 Å². The second-order valence-corrected chi connectivity index (χ2v) is 5.27. The zero-order valence-electron chi connectivity index (χ0n) is 11.8. The van der Waals surface area contributed by atoms with E-state index in [0.29, 0.717) is 26.4 Å². The Morgan fingerprint density at radius 1 is 0.722 bits per heavy atom. The van der Waals surface area contributed by atoms with Crippen molar-refractivity contribution in [2.75, 3.05) is 26.4 Å². The highest BCUT2D eigenvalue weighted by Crippen LogP contribution is 2.11. The Kier molecular flexibility index (Phi) is 11.0. The first kappa shape index (κ1) is 17.3. The van der Waals surface area contributed by atoms with Crippen LogP contribution in [0.25, 0.3) is 0 Å². The Hall–Kier alpha value is -0.663. The Morgan fingerprint density at radius 2 is 1.06 bits per heavy atom. The van der Waals surface area contributed by atoms with Gasteiger partial charge in [0.1, 0.15) is 0 Å². The summed E-state index contributed by atoms with van der Waals surface area (Å²) < 4.78 is 21.7. The van der Waals surface area contributed by atoms with E-state index in [2.05, 4.69) is 4.98 Å². The summed E-state index contributed by atoms with van der Waals surface area (Å²) in [6, 6.07) is 3.89. The molecule has 0 radical (unpaired) electrons. The maximum Gasteiger partial charge on any atom is 0.679 e. The van der Waals surface area contributed by atoms with Crippen LogP contribution in [0.15, 0.2) is 24.5 Å². The molecule has 0 atom stereocenters. The van der Waals surface area contributed by atoms with Crippen molar-refractivity contribution in [2.45, 2.75) is 27.7 Å². The van der Waals surface area contributed by atoms with Crippen molar-refractivity contribution in [3.63, 3.8) is 0 Å². The molecule has 0 aromatic carbocycles. The molecule has 1 N–H and O–H groups in total. The summed E-state index contributed by atoms with van der Waals surface area (Å²) in [7, 11) is -2.80. The number of aromatic nitrogens is 1. The predicted octanol–water partition coefficient (Wildman–Crippen LogP) is 2.58. The van der Waals surface area contributed by atoms with E-state index in [0.717, 1.165) is 0 Å². The van der Waals surface area contributed by atoms with Gasteiger partial charge in [0.2, 0.25) is 0 Å². The second-order valence-electron chi connectivity index (χ2n) is 3.12. The highest BCUT2D eigenvalue weighted by atomic mass is 28.4. The fourth-order valence-electron chi connectivity index (χ4n) is 1.23. The highest BCUT2D eigenvalue weighted by Gasteiger charge is 2.44. The van der Waals surface area contributed by atoms with Gasteiger partial charge < -0.3 is 22.7 Å². The van der Waals surface area contributed by atoms with Crippen LogP contribution in [-0.4, -0.2) is 40.5 Å². The maximum absolute atomic E-state index is 5.42. The highest BCUT2D eigenvalue weighted by molar-refractivity contribution is 6.53. The lowest BCUT2D eigenvalue weighted by Gasteiger charge is -2.26. The molecule has 0 aliphatic rings. The van der Waals surface area contributed by atoms with Crippen LogP contribution in [0.1, 0.15) is 27.7 Å².